The Morgan fingerprint density at radius 2 is 0.352 bits per heavy atom. The van der Waals surface area contributed by atoms with E-state index in [0.717, 1.165) is 0 Å². The van der Waals surface area contributed by atoms with E-state index in [4.69, 9.17) is 5.73 Å². The predicted molar refractivity (Wildman–Crippen MR) is 344 cm³/mol. The molecule has 0 saturated heterocycles. The summed E-state index contributed by atoms with van der Waals surface area (Å²) in [5.41, 5.74) is 6.13. The average Bonchev–Trinajstić information content (AvgIpc) is 2.38. The van der Waals surface area contributed by atoms with Crippen molar-refractivity contribution in [2.45, 2.75) is 283 Å². The summed E-state index contributed by atoms with van der Waals surface area (Å²) in [5.74, 6) is -12.2. The number of nitrogens with two attached hydrogens (primary N) is 1. The van der Waals surface area contributed by atoms with Crippen molar-refractivity contribution in [3.05, 3.63) is 0 Å². The smallest absolute Gasteiger partial charge is 0.326 e. The van der Waals surface area contributed by atoms with Gasteiger partial charge < -0.3 is 64.0 Å². The van der Waals surface area contributed by atoms with E-state index in [1.807, 2.05) is 76.2 Å². The van der Waals surface area contributed by atoms with Gasteiger partial charge in [0.1, 0.15) is 60.4 Å². The molecule has 0 aromatic heterocycles. The fraction of sp³-hybridized carbons (Fsp3) is 0.831. The third kappa shape index (κ3) is 24.8. The molecular weight excluding hydrogens is 1130 g/mol. The molecule has 0 aliphatic rings. The van der Waals surface area contributed by atoms with E-state index in [1.165, 1.54) is 0 Å². The van der Waals surface area contributed by atoms with Gasteiger partial charge in [0.15, 0.2) is 0 Å². The van der Waals surface area contributed by atoms with Gasteiger partial charge in [-0.2, -0.15) is 0 Å². The van der Waals surface area contributed by atoms with E-state index in [0.29, 0.717) is 64.2 Å². The van der Waals surface area contributed by atoms with Crippen molar-refractivity contribution in [1.29, 1.82) is 0 Å². The number of carboxylic acid groups (broad SMARTS) is 1. The van der Waals surface area contributed by atoms with Crippen LogP contribution in [0.1, 0.15) is 217 Å². The maximum Gasteiger partial charge on any atom is 0.326 e. The van der Waals surface area contributed by atoms with Crippen molar-refractivity contribution in [2.24, 2.45) is 70.8 Å². The van der Waals surface area contributed by atoms with E-state index < -0.39 is 185 Å². The van der Waals surface area contributed by atoms with Crippen LogP contribution in [-0.2, 0) is 52.7 Å². The second-order valence-corrected chi connectivity index (χ2v) is 25.8. The molecule has 0 aromatic carbocycles. The van der Waals surface area contributed by atoms with Gasteiger partial charge in [0, 0.05) is 0 Å². The number of carbonyl (C=O) groups excluding carboxylic acids is 10. The minimum absolute atomic E-state index is 0.194. The summed E-state index contributed by atoms with van der Waals surface area (Å²) < 4.78 is 0. The molecule has 508 valence electrons. The molecule has 88 heavy (non-hydrogen) atoms. The first-order chi connectivity index (χ1) is 41.1. The largest absolute Gasteiger partial charge is 0.480 e. The Bertz CT molecular complexity index is 2250. The predicted octanol–water partition coefficient (Wildman–Crippen LogP) is 5.36. The van der Waals surface area contributed by atoms with Crippen LogP contribution >= 0.6 is 0 Å². The fourth-order valence-electron chi connectivity index (χ4n) is 9.74. The van der Waals surface area contributed by atoms with Crippen LogP contribution in [0.15, 0.2) is 0 Å². The molecule has 0 bridgehead atoms. The highest BCUT2D eigenvalue weighted by atomic mass is 16.4. The van der Waals surface area contributed by atoms with Crippen molar-refractivity contribution in [2.75, 3.05) is 0 Å². The Hall–Kier alpha value is -5.87. The normalized spacial score (nSPS) is 18.8. The first kappa shape index (κ1) is 82.1. The molecule has 0 radical (unpaired) electrons. The lowest BCUT2D eigenvalue weighted by Crippen LogP contribution is -2.64. The monoisotopic (exact) mass is 1250 g/mol. The van der Waals surface area contributed by atoms with Gasteiger partial charge in [-0.3, -0.25) is 47.9 Å². The molecule has 0 unspecified atom stereocenters. The van der Waals surface area contributed by atoms with Crippen LogP contribution in [0.4, 0.5) is 0 Å². The van der Waals surface area contributed by atoms with Gasteiger partial charge >= 0.3 is 5.97 Å². The lowest BCUT2D eigenvalue weighted by molar-refractivity contribution is -0.144. The molecule has 0 aliphatic heterocycles. The molecule has 0 saturated carbocycles. The zero-order chi connectivity index (χ0) is 68.2. The first-order valence-corrected chi connectivity index (χ1v) is 33.1. The lowest BCUT2D eigenvalue weighted by atomic mass is 9.91. The standard InChI is InChI=1S/C65H121N11O12/c1-23-34(13)45(67-55(77)44(66)33(11)12)56(78)68-46(35(14)24-2)57(79)69-47(36(15)25-3)58(80)70-48(37(16)26-4)59(81)71-49(38(17)27-5)60(82)72-50(39(18)28-6)61(83)73-51(40(19)29-7)62(84)74-52(41(20)30-8)63(85)75-53(42(21)31-9)64(86)76-54(65(87)88)43(22)32-10/h33-54H,23-32,66H2,1-22H3,(H,67,77)(H,68,78)(H,69,79)(H,70,80)(H,71,81)(H,72,82)(H,73,83)(H,74,84)(H,75,85)(H,76,86)(H,87,88)/t34-,35-,36-,37-,38-,39-,40-,41-,42-,43-,44-,45-,46-,47-,48-,49-,50-,51-,52-,53-,54-/m0/s1. The van der Waals surface area contributed by atoms with Gasteiger partial charge in [-0.25, -0.2) is 4.79 Å². The molecular formula is C65H121N11O12. The van der Waals surface area contributed by atoms with E-state index in [-0.39, 0.29) is 11.8 Å². The second-order valence-electron chi connectivity index (χ2n) is 25.8. The van der Waals surface area contributed by atoms with Crippen LogP contribution in [0.2, 0.25) is 0 Å². The third-order valence-electron chi connectivity index (χ3n) is 18.9. The minimum Gasteiger partial charge on any atom is -0.480 e. The van der Waals surface area contributed by atoms with Crippen LogP contribution in [0.5, 0.6) is 0 Å². The van der Waals surface area contributed by atoms with Crippen molar-refractivity contribution < 1.29 is 57.8 Å². The van der Waals surface area contributed by atoms with Crippen LogP contribution in [0.25, 0.3) is 0 Å². The average molecular weight is 1250 g/mol. The van der Waals surface area contributed by atoms with Gasteiger partial charge in [0.25, 0.3) is 0 Å². The minimum atomic E-state index is -1.22. The summed E-state index contributed by atoms with van der Waals surface area (Å²) >= 11 is 0. The molecule has 0 heterocycles. The van der Waals surface area contributed by atoms with Crippen LogP contribution < -0.4 is 58.9 Å². The van der Waals surface area contributed by atoms with Gasteiger partial charge in [-0.15, -0.1) is 0 Å². The van der Waals surface area contributed by atoms with Crippen molar-refractivity contribution in [3.8, 4) is 0 Å². The highest BCUT2D eigenvalue weighted by Crippen LogP contribution is 2.21. The van der Waals surface area contributed by atoms with Gasteiger partial charge in [0.05, 0.1) is 6.04 Å². The highest BCUT2D eigenvalue weighted by Gasteiger charge is 2.42. The number of amides is 10. The van der Waals surface area contributed by atoms with E-state index in [2.05, 4.69) is 53.2 Å². The number of carbonyl (C=O) groups is 11. The highest BCUT2D eigenvalue weighted by molar-refractivity contribution is 5.99. The van der Waals surface area contributed by atoms with E-state index in [9.17, 15) is 57.8 Å². The summed E-state index contributed by atoms with van der Waals surface area (Å²) in [6.07, 6.45) is 4.49. The van der Waals surface area contributed by atoms with Crippen molar-refractivity contribution >= 4 is 65.0 Å². The number of hydrogen-bond donors (Lipinski definition) is 12. The maximum atomic E-state index is 14.7. The zero-order valence-electron chi connectivity index (χ0n) is 57.8. The molecule has 13 N–H and O–H groups in total. The molecule has 0 fully saturated rings. The maximum absolute atomic E-state index is 14.7. The molecule has 10 amide bonds. The number of aliphatic carboxylic acids is 1. The molecule has 0 aliphatic carbocycles. The van der Waals surface area contributed by atoms with E-state index in [1.54, 1.807) is 76.2 Å². The second kappa shape index (κ2) is 40.7. The molecule has 0 aromatic rings. The Morgan fingerprint density at radius 1 is 0.239 bits per heavy atom. The molecule has 21 atom stereocenters. The first-order valence-electron chi connectivity index (χ1n) is 33.1. The zero-order valence-corrected chi connectivity index (χ0v) is 57.8. The van der Waals surface area contributed by atoms with Gasteiger partial charge in [-0.1, -0.05) is 217 Å². The summed E-state index contributed by atoms with van der Waals surface area (Å²) in [7, 11) is 0. The van der Waals surface area contributed by atoms with Gasteiger partial charge in [-0.05, 0) is 65.1 Å². The summed E-state index contributed by atoms with van der Waals surface area (Å²) in [5, 5.41) is 38.3. The summed E-state index contributed by atoms with van der Waals surface area (Å²) in [4.78, 5) is 155. The van der Waals surface area contributed by atoms with E-state index >= 15 is 0 Å². The molecule has 23 heteroatoms. The molecule has 23 nitrogen and oxygen atoms in total. The number of carboxylic acids is 1. The van der Waals surface area contributed by atoms with Crippen LogP contribution in [0.3, 0.4) is 0 Å². The quantitative estimate of drug-likeness (QED) is 0.0367. The third-order valence-corrected chi connectivity index (χ3v) is 18.9. The Labute approximate surface area is 528 Å². The SMILES string of the molecule is CC[C@H](C)[C@H](NC(=O)[C@@H](NC(=O)[C@@H](NC(=O)[C@@H](NC(=O)[C@@H](NC(=O)[C@@H](NC(=O)[C@@H](NC(=O)[C@@H](NC(=O)[C@@H](NC(=O)[C@@H](NC(=O)[C@@H](N)C(C)C)[C@@H](C)CC)[C@@H](C)CC)[C@@H](C)CC)[C@@H](C)CC)[C@@H](C)CC)[C@@H](C)CC)[C@@H](C)CC)[C@@H](C)CC)[C@@H](C)CC)C(=O)O. The van der Waals surface area contributed by atoms with Crippen LogP contribution in [0, 0.1) is 65.1 Å². The number of nitrogens with one attached hydrogen (secondary N) is 10. The Balaban J connectivity index is 7.05. The summed E-state index contributed by atoms with van der Waals surface area (Å²) in [6.45, 7) is 39.7. The lowest BCUT2D eigenvalue weighted by Gasteiger charge is -2.34. The summed E-state index contributed by atoms with van der Waals surface area (Å²) in [6, 6.07) is -12.5. The van der Waals surface area contributed by atoms with Crippen molar-refractivity contribution in [1.82, 2.24) is 53.2 Å². The fourth-order valence-corrected chi connectivity index (χ4v) is 9.74. The Kier molecular flexibility index (Phi) is 38.0. The number of rotatable bonds is 42. The number of hydrogen-bond acceptors (Lipinski definition) is 12. The van der Waals surface area contributed by atoms with Crippen LogP contribution in [-0.4, -0.2) is 137 Å². The van der Waals surface area contributed by atoms with Gasteiger partial charge in [0.2, 0.25) is 59.1 Å². The molecule has 0 rings (SSSR count). The van der Waals surface area contributed by atoms with Crippen molar-refractivity contribution in [3.63, 3.8) is 0 Å². The topological polar surface area (TPSA) is 354 Å². The Morgan fingerprint density at radius 3 is 0.466 bits per heavy atom. The molecule has 0 spiro atoms.